The van der Waals surface area contributed by atoms with Crippen molar-refractivity contribution in [3.8, 4) is 17.3 Å². The molecule has 1 aliphatic rings. The van der Waals surface area contributed by atoms with E-state index in [0.29, 0.717) is 36.4 Å². The molecule has 1 fully saturated rings. The molecule has 2 heterocycles. The van der Waals surface area contributed by atoms with E-state index in [2.05, 4.69) is 30.7 Å². The molecule has 0 unspecified atom stereocenters. The zero-order valence-corrected chi connectivity index (χ0v) is 19.8. The van der Waals surface area contributed by atoms with Gasteiger partial charge in [0.1, 0.15) is 29.3 Å². The summed E-state index contributed by atoms with van der Waals surface area (Å²) in [7, 11) is 1.60. The third-order valence-electron chi connectivity index (χ3n) is 6.04. The van der Waals surface area contributed by atoms with Crippen molar-refractivity contribution < 1.29 is 19.4 Å². The lowest BCUT2D eigenvalue weighted by molar-refractivity contribution is 0.0945. The van der Waals surface area contributed by atoms with E-state index in [1.54, 1.807) is 31.1 Å². The van der Waals surface area contributed by atoms with E-state index >= 15 is 0 Å². The second kappa shape index (κ2) is 10.9. The standard InChI is InChI=1S/C24H29N7O4/c1-15-27-20(11-21(28-15)23(32)25-12-17-4-3-5-19(10-17)35-2)22-26-14-31(30-22)13-16-6-8-18(9-7-16)29-24(33)34/h3-5,10-11,14,16,18,29H,6-9,12-13H2,1-2H3,(H,25,32)(H,33,34)/t16-,18-. The quantitative estimate of drug-likeness (QED) is 0.447. The number of carbonyl (C=O) groups is 2. The van der Waals surface area contributed by atoms with Crippen molar-refractivity contribution in [3.63, 3.8) is 0 Å². The average Bonchev–Trinajstić information content (AvgIpc) is 3.32. The number of methoxy groups -OCH3 is 1. The first-order valence-electron chi connectivity index (χ1n) is 11.6. The Morgan fingerprint density at radius 1 is 1.17 bits per heavy atom. The summed E-state index contributed by atoms with van der Waals surface area (Å²) in [4.78, 5) is 36.6. The zero-order valence-electron chi connectivity index (χ0n) is 19.8. The molecule has 3 N–H and O–H groups in total. The van der Waals surface area contributed by atoms with Crippen LogP contribution in [-0.2, 0) is 13.1 Å². The molecule has 1 aromatic carbocycles. The van der Waals surface area contributed by atoms with Crippen LogP contribution in [0, 0.1) is 12.8 Å². The van der Waals surface area contributed by atoms with Gasteiger partial charge < -0.3 is 20.5 Å². The molecular formula is C24H29N7O4. The largest absolute Gasteiger partial charge is 0.497 e. The van der Waals surface area contributed by atoms with E-state index in [1.165, 1.54) is 0 Å². The normalized spacial score (nSPS) is 17.5. The van der Waals surface area contributed by atoms with E-state index in [9.17, 15) is 9.59 Å². The Kier molecular flexibility index (Phi) is 7.54. The summed E-state index contributed by atoms with van der Waals surface area (Å²) >= 11 is 0. The zero-order chi connectivity index (χ0) is 24.8. The highest BCUT2D eigenvalue weighted by Gasteiger charge is 2.23. The SMILES string of the molecule is COc1cccc(CNC(=O)c2cc(-c3ncn(C[C@H]4CC[C@H](NC(=O)O)CC4)n3)nc(C)n2)c1. The number of nitrogens with zero attached hydrogens (tertiary/aromatic N) is 5. The van der Waals surface area contributed by atoms with E-state index in [4.69, 9.17) is 9.84 Å². The molecule has 184 valence electrons. The van der Waals surface area contributed by atoms with Gasteiger partial charge in [0.25, 0.3) is 5.91 Å². The van der Waals surface area contributed by atoms with Crippen LogP contribution in [0.5, 0.6) is 5.75 Å². The van der Waals surface area contributed by atoms with Crippen molar-refractivity contribution in [2.24, 2.45) is 5.92 Å². The summed E-state index contributed by atoms with van der Waals surface area (Å²) in [6.45, 7) is 2.76. The maximum Gasteiger partial charge on any atom is 0.404 e. The number of rotatable bonds is 8. The summed E-state index contributed by atoms with van der Waals surface area (Å²) in [5.41, 5.74) is 1.64. The summed E-state index contributed by atoms with van der Waals surface area (Å²) in [5, 5.41) is 18.9. The molecule has 0 radical (unpaired) electrons. The molecule has 0 bridgehead atoms. The highest BCUT2D eigenvalue weighted by molar-refractivity contribution is 5.93. The number of aryl methyl sites for hydroxylation is 1. The molecule has 11 nitrogen and oxygen atoms in total. The van der Waals surface area contributed by atoms with Crippen molar-refractivity contribution in [3.05, 3.63) is 53.7 Å². The van der Waals surface area contributed by atoms with Crippen LogP contribution in [0.25, 0.3) is 11.5 Å². The molecule has 2 amide bonds. The number of carboxylic acid groups (broad SMARTS) is 1. The Labute approximate surface area is 203 Å². The number of amides is 2. The molecule has 1 aliphatic carbocycles. The smallest absolute Gasteiger partial charge is 0.404 e. The minimum absolute atomic E-state index is 0.0209. The fourth-order valence-electron chi connectivity index (χ4n) is 4.28. The predicted octanol–water partition coefficient (Wildman–Crippen LogP) is 2.81. The van der Waals surface area contributed by atoms with Crippen LogP contribution >= 0.6 is 0 Å². The van der Waals surface area contributed by atoms with Gasteiger partial charge in [0, 0.05) is 19.1 Å². The van der Waals surface area contributed by atoms with Crippen LogP contribution in [0.15, 0.2) is 36.7 Å². The second-order valence-electron chi connectivity index (χ2n) is 8.68. The van der Waals surface area contributed by atoms with Crippen molar-refractivity contribution in [1.82, 2.24) is 35.4 Å². The topological polar surface area (TPSA) is 144 Å². The predicted molar refractivity (Wildman–Crippen MR) is 127 cm³/mol. The van der Waals surface area contributed by atoms with Crippen LogP contribution in [-0.4, -0.2) is 55.0 Å². The van der Waals surface area contributed by atoms with Crippen molar-refractivity contribution in [1.29, 1.82) is 0 Å². The highest BCUT2D eigenvalue weighted by Crippen LogP contribution is 2.26. The van der Waals surface area contributed by atoms with Gasteiger partial charge in [-0.1, -0.05) is 12.1 Å². The Morgan fingerprint density at radius 2 is 1.97 bits per heavy atom. The van der Waals surface area contributed by atoms with E-state index in [0.717, 1.165) is 37.0 Å². The monoisotopic (exact) mass is 479 g/mol. The maximum absolute atomic E-state index is 12.7. The lowest BCUT2D eigenvalue weighted by Crippen LogP contribution is -2.37. The molecule has 0 saturated heterocycles. The molecule has 0 spiro atoms. The summed E-state index contributed by atoms with van der Waals surface area (Å²) in [6, 6.07) is 9.10. The molecular weight excluding hydrogens is 450 g/mol. The van der Waals surface area contributed by atoms with Crippen LogP contribution < -0.4 is 15.4 Å². The number of hydrogen-bond donors (Lipinski definition) is 3. The Morgan fingerprint density at radius 3 is 2.71 bits per heavy atom. The molecule has 0 atom stereocenters. The Bertz CT molecular complexity index is 1190. The van der Waals surface area contributed by atoms with Crippen molar-refractivity contribution in [2.45, 2.75) is 51.7 Å². The van der Waals surface area contributed by atoms with Gasteiger partial charge in [-0.3, -0.25) is 9.48 Å². The lowest BCUT2D eigenvalue weighted by atomic mass is 9.86. The summed E-state index contributed by atoms with van der Waals surface area (Å²) in [5.74, 6) is 1.70. The van der Waals surface area contributed by atoms with E-state index in [-0.39, 0.29) is 17.6 Å². The van der Waals surface area contributed by atoms with Gasteiger partial charge in [-0.25, -0.2) is 19.7 Å². The summed E-state index contributed by atoms with van der Waals surface area (Å²) < 4.78 is 7.00. The van der Waals surface area contributed by atoms with Gasteiger partial charge in [-0.05, 0) is 62.3 Å². The third kappa shape index (κ3) is 6.52. The fourth-order valence-corrected chi connectivity index (χ4v) is 4.28. The fraction of sp³-hybridized carbons (Fsp3) is 0.417. The van der Waals surface area contributed by atoms with E-state index < -0.39 is 6.09 Å². The highest BCUT2D eigenvalue weighted by atomic mass is 16.5. The number of nitrogens with one attached hydrogen (secondary N) is 2. The molecule has 1 saturated carbocycles. The Hall–Kier alpha value is -4.02. The molecule has 0 aliphatic heterocycles. The summed E-state index contributed by atoms with van der Waals surface area (Å²) in [6.07, 6.45) is 4.17. The number of carbonyl (C=O) groups excluding carboxylic acids is 1. The third-order valence-corrected chi connectivity index (χ3v) is 6.04. The molecule has 3 aromatic rings. The van der Waals surface area contributed by atoms with Crippen LogP contribution in [0.2, 0.25) is 0 Å². The van der Waals surface area contributed by atoms with Crippen LogP contribution in [0.3, 0.4) is 0 Å². The minimum atomic E-state index is -0.970. The minimum Gasteiger partial charge on any atom is -0.497 e. The first-order valence-corrected chi connectivity index (χ1v) is 11.6. The first-order chi connectivity index (χ1) is 16.9. The van der Waals surface area contributed by atoms with E-state index in [1.807, 2.05) is 24.3 Å². The van der Waals surface area contributed by atoms with Gasteiger partial charge in [0.05, 0.1) is 7.11 Å². The first kappa shape index (κ1) is 24.1. The van der Waals surface area contributed by atoms with Gasteiger partial charge in [-0.2, -0.15) is 0 Å². The van der Waals surface area contributed by atoms with Crippen LogP contribution in [0.1, 0.15) is 47.6 Å². The molecule has 11 heteroatoms. The van der Waals surface area contributed by atoms with Gasteiger partial charge in [0.2, 0.25) is 0 Å². The van der Waals surface area contributed by atoms with Crippen molar-refractivity contribution in [2.75, 3.05) is 7.11 Å². The molecule has 35 heavy (non-hydrogen) atoms. The van der Waals surface area contributed by atoms with Gasteiger partial charge >= 0.3 is 6.09 Å². The molecule has 2 aromatic heterocycles. The molecule has 4 rings (SSSR count). The maximum atomic E-state index is 12.7. The van der Waals surface area contributed by atoms with Crippen LogP contribution in [0.4, 0.5) is 4.79 Å². The number of ether oxygens (including phenoxy) is 1. The van der Waals surface area contributed by atoms with Gasteiger partial charge in [-0.15, -0.1) is 5.10 Å². The second-order valence-corrected chi connectivity index (χ2v) is 8.68. The van der Waals surface area contributed by atoms with Gasteiger partial charge in [0.15, 0.2) is 5.82 Å². The number of benzene rings is 1. The number of hydrogen-bond acceptors (Lipinski definition) is 7. The number of aromatic nitrogens is 5. The Balaban J connectivity index is 1.38. The average molecular weight is 480 g/mol. The lowest BCUT2D eigenvalue weighted by Gasteiger charge is -2.28. The van der Waals surface area contributed by atoms with Crippen molar-refractivity contribution >= 4 is 12.0 Å².